The Morgan fingerprint density at radius 1 is 1.22 bits per heavy atom. The van der Waals surface area contributed by atoms with E-state index >= 15 is 0 Å². The topological polar surface area (TPSA) is 71.0 Å². The van der Waals surface area contributed by atoms with Gasteiger partial charge in [0.15, 0.2) is 0 Å². The molecule has 6 heteroatoms. The fourth-order valence-electron chi connectivity index (χ4n) is 3.94. The number of nitrogens with zero attached hydrogens (tertiary/aromatic N) is 2. The second-order valence-corrected chi connectivity index (χ2v) is 7.33. The van der Waals surface area contributed by atoms with Crippen molar-refractivity contribution in [1.29, 1.82) is 0 Å². The summed E-state index contributed by atoms with van der Waals surface area (Å²) in [4.78, 5) is 12.6. The van der Waals surface area contributed by atoms with Crippen LogP contribution in [0.2, 0.25) is 0 Å². The van der Waals surface area contributed by atoms with E-state index in [9.17, 15) is 4.79 Å². The van der Waals surface area contributed by atoms with Gasteiger partial charge in [-0.25, -0.2) is 9.48 Å². The fraction of sp³-hybridized carbons (Fsp3) is 0.429. The number of aromatic nitrogens is 2. The van der Waals surface area contributed by atoms with E-state index < -0.39 is 0 Å². The van der Waals surface area contributed by atoms with Crippen LogP contribution in [0.4, 0.5) is 10.6 Å². The summed E-state index contributed by atoms with van der Waals surface area (Å²) < 4.78 is 1.85. The van der Waals surface area contributed by atoms with E-state index in [0.717, 1.165) is 55.1 Å². The molecule has 2 aromatic rings. The molecule has 1 aliphatic carbocycles. The van der Waals surface area contributed by atoms with Gasteiger partial charge in [0, 0.05) is 18.2 Å². The molecule has 27 heavy (non-hydrogen) atoms. The second kappa shape index (κ2) is 7.96. The standard InChI is InChI=1S/C21H27N5O/c1-15-19(16-11-13-22-14-12-16)25-26(18-9-3-2-4-10-18)20(15)24-21(27)23-17-7-5-6-8-17/h2-4,9-11,17,22H,5-8,12-14H2,1H3,(H2,23,24,27). The van der Waals surface area contributed by atoms with Crippen LogP contribution in [0.15, 0.2) is 36.4 Å². The van der Waals surface area contributed by atoms with Crippen molar-refractivity contribution >= 4 is 17.4 Å². The van der Waals surface area contributed by atoms with E-state index in [1.54, 1.807) is 0 Å². The number of hydrogen-bond donors (Lipinski definition) is 3. The van der Waals surface area contributed by atoms with Gasteiger partial charge in [-0.3, -0.25) is 5.32 Å². The molecule has 1 fully saturated rings. The van der Waals surface area contributed by atoms with Crippen molar-refractivity contribution in [2.24, 2.45) is 0 Å². The van der Waals surface area contributed by atoms with Gasteiger partial charge in [-0.1, -0.05) is 37.1 Å². The monoisotopic (exact) mass is 365 g/mol. The van der Waals surface area contributed by atoms with E-state index in [0.29, 0.717) is 0 Å². The molecule has 2 aliphatic rings. The Hall–Kier alpha value is -2.60. The zero-order valence-electron chi connectivity index (χ0n) is 15.8. The molecule has 3 N–H and O–H groups in total. The highest BCUT2D eigenvalue weighted by Gasteiger charge is 2.22. The van der Waals surface area contributed by atoms with Crippen LogP contribution < -0.4 is 16.0 Å². The smallest absolute Gasteiger partial charge is 0.320 e. The minimum absolute atomic E-state index is 0.145. The van der Waals surface area contributed by atoms with Crippen molar-refractivity contribution in [3.63, 3.8) is 0 Å². The highest BCUT2D eigenvalue weighted by Crippen LogP contribution is 2.30. The summed E-state index contributed by atoms with van der Waals surface area (Å²) in [6.07, 6.45) is 7.65. The van der Waals surface area contributed by atoms with Gasteiger partial charge in [0.1, 0.15) is 5.82 Å². The molecule has 4 rings (SSSR count). The zero-order valence-corrected chi connectivity index (χ0v) is 15.8. The van der Waals surface area contributed by atoms with Gasteiger partial charge in [0.25, 0.3) is 0 Å². The Morgan fingerprint density at radius 3 is 2.70 bits per heavy atom. The predicted octanol–water partition coefficient (Wildman–Crippen LogP) is 3.62. The van der Waals surface area contributed by atoms with Crippen molar-refractivity contribution in [2.75, 3.05) is 18.4 Å². The van der Waals surface area contributed by atoms with E-state index in [1.165, 1.54) is 18.4 Å². The van der Waals surface area contributed by atoms with E-state index in [1.807, 2.05) is 41.9 Å². The number of anilines is 1. The Bertz CT molecular complexity index is 834. The summed E-state index contributed by atoms with van der Waals surface area (Å²) in [7, 11) is 0. The van der Waals surface area contributed by atoms with Gasteiger partial charge in [-0.2, -0.15) is 5.10 Å². The van der Waals surface area contributed by atoms with Gasteiger partial charge >= 0.3 is 6.03 Å². The Kier molecular flexibility index (Phi) is 5.25. The van der Waals surface area contributed by atoms with E-state index in [4.69, 9.17) is 5.10 Å². The number of benzene rings is 1. The third-order valence-corrected chi connectivity index (χ3v) is 5.41. The summed E-state index contributed by atoms with van der Waals surface area (Å²) in [6.45, 7) is 3.85. The van der Waals surface area contributed by atoms with Crippen LogP contribution in [0.1, 0.15) is 43.4 Å². The third-order valence-electron chi connectivity index (χ3n) is 5.41. The molecule has 2 heterocycles. The maximum absolute atomic E-state index is 12.6. The van der Waals surface area contributed by atoms with Crippen LogP contribution in [-0.4, -0.2) is 34.9 Å². The summed E-state index contributed by atoms with van der Waals surface area (Å²) in [5, 5.41) is 14.4. The first-order chi connectivity index (χ1) is 13.2. The highest BCUT2D eigenvalue weighted by atomic mass is 16.2. The van der Waals surface area contributed by atoms with Crippen LogP contribution in [0, 0.1) is 6.92 Å². The molecule has 1 saturated carbocycles. The first-order valence-corrected chi connectivity index (χ1v) is 9.85. The van der Waals surface area contributed by atoms with E-state index in [2.05, 4.69) is 22.0 Å². The van der Waals surface area contributed by atoms with Crippen molar-refractivity contribution in [1.82, 2.24) is 20.4 Å². The van der Waals surface area contributed by atoms with Crippen LogP contribution in [-0.2, 0) is 0 Å². The summed E-state index contributed by atoms with van der Waals surface area (Å²) in [6, 6.07) is 10.1. The van der Waals surface area contributed by atoms with Crippen LogP contribution in [0.25, 0.3) is 11.3 Å². The molecule has 6 nitrogen and oxygen atoms in total. The van der Waals surface area contributed by atoms with Crippen molar-refractivity contribution < 1.29 is 4.79 Å². The van der Waals surface area contributed by atoms with Gasteiger partial charge in [-0.15, -0.1) is 0 Å². The highest BCUT2D eigenvalue weighted by molar-refractivity contribution is 5.90. The second-order valence-electron chi connectivity index (χ2n) is 7.33. The number of urea groups is 1. The lowest BCUT2D eigenvalue weighted by Crippen LogP contribution is -2.36. The Balaban J connectivity index is 1.66. The number of carbonyl (C=O) groups is 1. The lowest BCUT2D eigenvalue weighted by molar-refractivity contribution is 0.248. The SMILES string of the molecule is Cc1c(C2=CCNCC2)nn(-c2ccccc2)c1NC(=O)NC1CCCC1. The summed E-state index contributed by atoms with van der Waals surface area (Å²) in [5.41, 5.74) is 4.16. The molecule has 1 aliphatic heterocycles. The molecule has 2 amide bonds. The van der Waals surface area contributed by atoms with Crippen LogP contribution >= 0.6 is 0 Å². The number of para-hydroxylation sites is 1. The molecule has 0 atom stereocenters. The van der Waals surface area contributed by atoms with Gasteiger partial charge in [-0.05, 0) is 50.4 Å². The average Bonchev–Trinajstić information content (AvgIpc) is 3.32. The van der Waals surface area contributed by atoms with Gasteiger partial charge in [0.2, 0.25) is 0 Å². The molecular weight excluding hydrogens is 338 g/mol. The molecule has 0 spiro atoms. The summed E-state index contributed by atoms with van der Waals surface area (Å²) >= 11 is 0. The van der Waals surface area contributed by atoms with Crippen molar-refractivity contribution in [2.45, 2.75) is 45.1 Å². The molecular formula is C21H27N5O. The third kappa shape index (κ3) is 3.90. The maximum atomic E-state index is 12.6. The van der Waals surface area contributed by atoms with Crippen LogP contribution in [0.5, 0.6) is 0 Å². The Labute approximate surface area is 160 Å². The summed E-state index contributed by atoms with van der Waals surface area (Å²) in [5.74, 6) is 0.742. The fourth-order valence-corrected chi connectivity index (χ4v) is 3.94. The zero-order chi connectivity index (χ0) is 18.6. The molecule has 0 radical (unpaired) electrons. The quantitative estimate of drug-likeness (QED) is 0.775. The molecule has 142 valence electrons. The van der Waals surface area contributed by atoms with Crippen molar-refractivity contribution in [3.8, 4) is 5.69 Å². The number of hydrogen-bond acceptors (Lipinski definition) is 3. The normalized spacial score (nSPS) is 17.6. The van der Waals surface area contributed by atoms with Gasteiger partial charge in [0.05, 0.1) is 11.4 Å². The number of rotatable bonds is 4. The number of nitrogens with one attached hydrogen (secondary N) is 3. The lowest BCUT2D eigenvalue weighted by Gasteiger charge is -2.15. The Morgan fingerprint density at radius 2 is 2.00 bits per heavy atom. The first-order valence-electron chi connectivity index (χ1n) is 9.85. The molecule has 0 saturated heterocycles. The molecule has 1 aromatic carbocycles. The average molecular weight is 365 g/mol. The van der Waals surface area contributed by atoms with Gasteiger partial charge < -0.3 is 10.6 Å². The largest absolute Gasteiger partial charge is 0.335 e. The minimum Gasteiger partial charge on any atom is -0.335 e. The maximum Gasteiger partial charge on any atom is 0.320 e. The molecule has 1 aromatic heterocycles. The lowest BCUT2D eigenvalue weighted by atomic mass is 10.0. The van der Waals surface area contributed by atoms with Crippen molar-refractivity contribution in [3.05, 3.63) is 47.7 Å². The molecule has 0 unspecified atom stereocenters. The minimum atomic E-state index is -0.145. The number of amides is 2. The molecule has 0 bridgehead atoms. The number of carbonyl (C=O) groups excluding carboxylic acids is 1. The van der Waals surface area contributed by atoms with E-state index in [-0.39, 0.29) is 12.1 Å². The first kappa shape index (κ1) is 17.8. The predicted molar refractivity (Wildman–Crippen MR) is 108 cm³/mol. The van der Waals surface area contributed by atoms with Crippen LogP contribution in [0.3, 0.4) is 0 Å².